The van der Waals surface area contributed by atoms with E-state index in [1.165, 1.54) is 14.2 Å². The van der Waals surface area contributed by atoms with Crippen molar-refractivity contribution >= 4 is 5.84 Å². The molecule has 1 fully saturated rings. The van der Waals surface area contributed by atoms with Gasteiger partial charge in [-0.2, -0.15) is 10.5 Å². The Morgan fingerprint density at radius 1 is 1.00 bits per heavy atom. The average Bonchev–Trinajstić information content (AvgIpc) is 3.35. The molecule has 0 aromatic heterocycles. The minimum absolute atomic E-state index is 0.180. The lowest BCUT2D eigenvalue weighted by Gasteiger charge is -2.26. The minimum atomic E-state index is -1.49. The van der Waals surface area contributed by atoms with Crippen molar-refractivity contribution < 1.29 is 19.2 Å². The third kappa shape index (κ3) is 2.26. The molecule has 29 heavy (non-hydrogen) atoms. The summed E-state index contributed by atoms with van der Waals surface area (Å²) in [6.45, 7) is 0.453. The van der Waals surface area contributed by atoms with Crippen LogP contribution in [0.3, 0.4) is 0 Å². The Hall–Kier alpha value is -3.39. The van der Waals surface area contributed by atoms with Gasteiger partial charge in [0.1, 0.15) is 12.4 Å². The van der Waals surface area contributed by atoms with Crippen molar-refractivity contribution in [3.05, 3.63) is 65.7 Å². The van der Waals surface area contributed by atoms with Crippen LogP contribution in [0.5, 0.6) is 5.75 Å². The van der Waals surface area contributed by atoms with E-state index in [9.17, 15) is 10.5 Å². The number of benzene rings is 2. The molecule has 4 rings (SSSR count). The van der Waals surface area contributed by atoms with Crippen LogP contribution in [0.1, 0.15) is 17.0 Å². The summed E-state index contributed by atoms with van der Waals surface area (Å²) >= 11 is 0. The SMILES string of the molecule is COC1(OC)[NH+]=C(N)[C@@]2(C#N)[C@H](c3ccc(OCc4ccccc4)cc3)[C@@]12C#N. The molecule has 1 aliphatic heterocycles. The van der Waals surface area contributed by atoms with E-state index in [4.69, 9.17) is 19.9 Å². The molecule has 2 aromatic rings. The molecule has 1 aliphatic carbocycles. The maximum atomic E-state index is 10.1. The maximum absolute atomic E-state index is 10.1. The third-order valence-corrected chi connectivity index (χ3v) is 6.04. The van der Waals surface area contributed by atoms with Crippen LogP contribution in [0, 0.1) is 33.5 Å². The smallest absolute Gasteiger partial charge is 0.342 e. The first kappa shape index (κ1) is 18.9. The zero-order chi connectivity index (χ0) is 20.7. The van der Waals surface area contributed by atoms with E-state index in [2.05, 4.69) is 17.1 Å². The normalized spacial score (nSPS) is 28.6. The fraction of sp³-hybridized carbons (Fsp3) is 0.318. The van der Waals surface area contributed by atoms with Gasteiger partial charge in [0, 0.05) is 20.1 Å². The lowest BCUT2D eigenvalue weighted by molar-refractivity contribution is -0.687. The van der Waals surface area contributed by atoms with Crippen LogP contribution >= 0.6 is 0 Å². The van der Waals surface area contributed by atoms with E-state index in [-0.39, 0.29) is 5.84 Å². The Balaban J connectivity index is 1.63. The van der Waals surface area contributed by atoms with Crippen LogP contribution in [0.15, 0.2) is 54.6 Å². The number of nitrogens with two attached hydrogens (primary N) is 1. The van der Waals surface area contributed by atoms with E-state index in [0.717, 1.165) is 11.1 Å². The lowest BCUT2D eigenvalue weighted by atomic mass is 9.93. The second-order valence-corrected chi connectivity index (χ2v) is 7.18. The highest BCUT2D eigenvalue weighted by atomic mass is 16.7. The number of ether oxygens (including phenoxy) is 3. The summed E-state index contributed by atoms with van der Waals surface area (Å²) in [4.78, 5) is 2.88. The third-order valence-electron chi connectivity index (χ3n) is 6.04. The van der Waals surface area contributed by atoms with Gasteiger partial charge in [-0.05, 0) is 23.3 Å². The van der Waals surface area contributed by atoms with Crippen molar-refractivity contribution in [2.75, 3.05) is 14.2 Å². The molecule has 3 N–H and O–H groups in total. The van der Waals surface area contributed by atoms with Crippen molar-refractivity contribution in [2.45, 2.75) is 18.4 Å². The highest BCUT2D eigenvalue weighted by Crippen LogP contribution is 2.78. The Kier molecular flexibility index (Phi) is 4.31. The number of nitriles is 2. The summed E-state index contributed by atoms with van der Waals surface area (Å²) in [6, 6.07) is 21.7. The van der Waals surface area contributed by atoms with Gasteiger partial charge in [0.25, 0.3) is 5.84 Å². The number of amidine groups is 1. The summed E-state index contributed by atoms with van der Waals surface area (Å²) in [5.74, 6) is -1.11. The first-order valence-corrected chi connectivity index (χ1v) is 9.16. The van der Waals surface area contributed by atoms with Gasteiger partial charge in [-0.25, -0.2) is 4.99 Å². The van der Waals surface area contributed by atoms with Crippen LogP contribution in [0.25, 0.3) is 0 Å². The van der Waals surface area contributed by atoms with Crippen LogP contribution < -0.4 is 15.5 Å². The highest BCUT2D eigenvalue weighted by Gasteiger charge is 2.96. The van der Waals surface area contributed by atoms with Gasteiger partial charge in [-0.15, -0.1) is 0 Å². The molecule has 7 nitrogen and oxygen atoms in total. The first-order valence-electron chi connectivity index (χ1n) is 9.16. The van der Waals surface area contributed by atoms with Crippen LogP contribution in [-0.4, -0.2) is 26.0 Å². The monoisotopic (exact) mass is 389 g/mol. The summed E-state index contributed by atoms with van der Waals surface area (Å²) in [6.07, 6.45) is 0. The zero-order valence-electron chi connectivity index (χ0n) is 16.2. The summed E-state index contributed by atoms with van der Waals surface area (Å²) < 4.78 is 16.9. The van der Waals surface area contributed by atoms with Crippen LogP contribution in [0.4, 0.5) is 0 Å². The molecular weight excluding hydrogens is 368 g/mol. The molecule has 0 radical (unpaired) electrons. The molecule has 0 saturated heterocycles. The molecule has 1 heterocycles. The number of fused-ring (bicyclic) bond motifs is 1. The minimum Gasteiger partial charge on any atom is -0.489 e. The molecule has 1 saturated carbocycles. The van der Waals surface area contributed by atoms with E-state index >= 15 is 0 Å². The topological polar surface area (TPSA) is 115 Å². The van der Waals surface area contributed by atoms with Gasteiger partial charge in [0.2, 0.25) is 0 Å². The Labute approximate surface area is 168 Å². The van der Waals surface area contributed by atoms with Crippen molar-refractivity contribution in [3.8, 4) is 17.9 Å². The molecule has 2 aromatic carbocycles. The largest absolute Gasteiger partial charge is 0.489 e. The van der Waals surface area contributed by atoms with Crippen LogP contribution in [0.2, 0.25) is 0 Å². The number of nitrogens with zero attached hydrogens (tertiary/aromatic N) is 2. The maximum Gasteiger partial charge on any atom is 0.342 e. The van der Waals surface area contributed by atoms with Gasteiger partial charge in [-0.1, -0.05) is 42.5 Å². The number of hydrogen-bond acceptors (Lipinski definition) is 6. The number of rotatable bonds is 6. The fourth-order valence-corrected chi connectivity index (χ4v) is 4.61. The molecule has 7 heteroatoms. The quantitative estimate of drug-likeness (QED) is 0.706. The van der Waals surface area contributed by atoms with E-state index < -0.39 is 22.7 Å². The predicted octanol–water partition coefficient (Wildman–Crippen LogP) is 0.781. The zero-order valence-corrected chi connectivity index (χ0v) is 16.2. The lowest BCUT2D eigenvalue weighted by Crippen LogP contribution is -2.90. The number of nitrogens with one attached hydrogen (secondary N) is 1. The van der Waals surface area contributed by atoms with E-state index in [0.29, 0.717) is 12.4 Å². The van der Waals surface area contributed by atoms with Crippen molar-refractivity contribution in [1.29, 1.82) is 10.5 Å². The molecule has 2 aliphatic rings. The molecule has 0 spiro atoms. The molecule has 146 valence electrons. The van der Waals surface area contributed by atoms with Gasteiger partial charge < -0.3 is 14.2 Å². The van der Waals surface area contributed by atoms with Crippen molar-refractivity contribution in [3.63, 3.8) is 0 Å². The van der Waals surface area contributed by atoms with Gasteiger partial charge in [0.05, 0.1) is 12.1 Å². The predicted molar refractivity (Wildman–Crippen MR) is 103 cm³/mol. The second-order valence-electron chi connectivity index (χ2n) is 7.18. The molecule has 0 bridgehead atoms. The summed E-state index contributed by atoms with van der Waals surface area (Å²) in [5, 5.41) is 20.1. The summed E-state index contributed by atoms with van der Waals surface area (Å²) in [5.41, 5.74) is 5.50. The van der Waals surface area contributed by atoms with Crippen molar-refractivity contribution in [2.24, 2.45) is 16.6 Å². The highest BCUT2D eigenvalue weighted by molar-refractivity contribution is 5.95. The first-order chi connectivity index (χ1) is 14.0. The Morgan fingerprint density at radius 2 is 1.66 bits per heavy atom. The van der Waals surface area contributed by atoms with E-state index in [1.807, 2.05) is 54.6 Å². The average molecular weight is 389 g/mol. The number of methoxy groups -OCH3 is 2. The van der Waals surface area contributed by atoms with Crippen LogP contribution in [-0.2, 0) is 16.1 Å². The summed E-state index contributed by atoms with van der Waals surface area (Å²) in [7, 11) is 2.85. The Bertz CT molecular complexity index is 1030. The van der Waals surface area contributed by atoms with E-state index in [1.54, 1.807) is 0 Å². The molecule has 0 amide bonds. The second kappa shape index (κ2) is 6.59. The van der Waals surface area contributed by atoms with Gasteiger partial charge in [-0.3, -0.25) is 5.73 Å². The Morgan fingerprint density at radius 3 is 2.21 bits per heavy atom. The van der Waals surface area contributed by atoms with Gasteiger partial charge >= 0.3 is 5.91 Å². The number of hydrogen-bond donors (Lipinski definition) is 2. The molecule has 0 unspecified atom stereocenters. The van der Waals surface area contributed by atoms with Gasteiger partial charge in [0.15, 0.2) is 10.8 Å². The molecule has 3 atom stereocenters. The van der Waals surface area contributed by atoms with Crippen molar-refractivity contribution in [1.82, 2.24) is 0 Å². The molecular formula is C22H21N4O3+. The fourth-order valence-electron chi connectivity index (χ4n) is 4.61. The standard InChI is InChI=1S/C22H20N4O3/c1-27-22(28-2)21(14-24)18(20(21,13-23)19(25)26-22)16-8-10-17(11-9-16)29-12-15-6-4-3-5-7-15/h3-11,18H,12H2,1-2H3,(H2,25,26)/p+1/t18-,20+,21+/m0/s1.